The minimum absolute atomic E-state index is 0.0417. The smallest absolute Gasteiger partial charge is 0.407 e. The van der Waals surface area contributed by atoms with Crippen LogP contribution in [0.3, 0.4) is 0 Å². The van der Waals surface area contributed by atoms with Gasteiger partial charge in [-0.25, -0.2) is 4.79 Å². The quantitative estimate of drug-likeness (QED) is 0.325. The number of ether oxygens (including phenoxy) is 1. The van der Waals surface area contributed by atoms with Crippen molar-refractivity contribution in [1.82, 2.24) is 5.32 Å². The molecule has 5 aliphatic carbocycles. The summed E-state index contributed by atoms with van der Waals surface area (Å²) in [6.45, 7) is 21.5. The van der Waals surface area contributed by atoms with Crippen LogP contribution in [0.25, 0.3) is 0 Å². The van der Waals surface area contributed by atoms with E-state index >= 15 is 0 Å². The molecule has 1 N–H and O–H groups in total. The van der Waals surface area contributed by atoms with E-state index in [1.165, 1.54) is 32.1 Å². The summed E-state index contributed by atoms with van der Waals surface area (Å²) >= 11 is 0. The third kappa shape index (κ3) is 4.55. The lowest BCUT2D eigenvalue weighted by molar-refractivity contribution is -0.247. The van der Waals surface area contributed by atoms with Crippen LogP contribution in [-0.4, -0.2) is 30.3 Å². The SMILES string of the molecule is CCNC(=O)O[C@@H]1CC[C@@]2(C)C(CC[C@]3(C)C2CCC2C4C(C(C)C)CC[C@]4(C(=O)CCC(C)=O)CC[C@]23C)C1(C)C. The van der Waals surface area contributed by atoms with Crippen LogP contribution in [0, 0.1) is 62.6 Å². The summed E-state index contributed by atoms with van der Waals surface area (Å²) in [6, 6.07) is 0. The number of rotatable bonds is 7. The van der Waals surface area contributed by atoms with E-state index in [-0.39, 0.29) is 45.1 Å². The molecule has 0 bridgehead atoms. The van der Waals surface area contributed by atoms with Crippen molar-refractivity contribution in [3.63, 3.8) is 0 Å². The molecule has 1 amide bonds. The Hall–Kier alpha value is -1.39. The van der Waals surface area contributed by atoms with Gasteiger partial charge >= 0.3 is 6.09 Å². The molecule has 5 unspecified atom stereocenters. The van der Waals surface area contributed by atoms with Crippen LogP contribution in [0.2, 0.25) is 0 Å². The van der Waals surface area contributed by atoms with E-state index in [9.17, 15) is 14.4 Å². The number of ketones is 2. The van der Waals surface area contributed by atoms with Gasteiger partial charge in [-0.15, -0.1) is 0 Å². The molecule has 5 heteroatoms. The molecule has 5 saturated carbocycles. The Bertz CT molecular complexity index is 1080. The monoisotopic (exact) mass is 583 g/mol. The van der Waals surface area contributed by atoms with Crippen molar-refractivity contribution in [1.29, 1.82) is 0 Å². The summed E-state index contributed by atoms with van der Waals surface area (Å²) in [4.78, 5) is 38.4. The van der Waals surface area contributed by atoms with Crippen molar-refractivity contribution < 1.29 is 19.1 Å². The summed E-state index contributed by atoms with van der Waals surface area (Å²) in [5.74, 6) is 3.94. The molecule has 5 nitrogen and oxygen atoms in total. The van der Waals surface area contributed by atoms with Crippen LogP contribution in [0.1, 0.15) is 139 Å². The summed E-state index contributed by atoms with van der Waals surface area (Å²) in [6.07, 6.45) is 11.9. The topological polar surface area (TPSA) is 72.5 Å². The van der Waals surface area contributed by atoms with E-state index in [4.69, 9.17) is 4.74 Å². The van der Waals surface area contributed by atoms with Crippen molar-refractivity contribution in [3.05, 3.63) is 0 Å². The minimum Gasteiger partial charge on any atom is -0.446 e. The van der Waals surface area contributed by atoms with E-state index in [2.05, 4.69) is 53.8 Å². The van der Waals surface area contributed by atoms with Crippen LogP contribution in [0.5, 0.6) is 0 Å². The highest BCUT2D eigenvalue weighted by atomic mass is 16.6. The van der Waals surface area contributed by atoms with Gasteiger partial charge in [-0.3, -0.25) is 4.79 Å². The van der Waals surface area contributed by atoms with Gasteiger partial charge in [0.2, 0.25) is 0 Å². The highest BCUT2D eigenvalue weighted by Crippen LogP contribution is 2.77. The number of nitrogens with one attached hydrogen (secondary N) is 1. The molecule has 0 radical (unpaired) electrons. The van der Waals surface area contributed by atoms with E-state index < -0.39 is 0 Å². The lowest BCUT2D eigenvalue weighted by Gasteiger charge is -2.73. The second-order valence-corrected chi connectivity index (χ2v) is 17.2. The van der Waals surface area contributed by atoms with E-state index in [0.717, 1.165) is 32.1 Å². The van der Waals surface area contributed by atoms with Crippen molar-refractivity contribution in [2.24, 2.45) is 62.6 Å². The second kappa shape index (κ2) is 10.9. The fraction of sp³-hybridized carbons (Fsp3) is 0.919. The van der Waals surface area contributed by atoms with Crippen molar-refractivity contribution in [3.8, 4) is 0 Å². The van der Waals surface area contributed by atoms with Gasteiger partial charge < -0.3 is 14.8 Å². The summed E-state index contributed by atoms with van der Waals surface area (Å²) in [7, 11) is 0. The van der Waals surface area contributed by atoms with Crippen LogP contribution in [-0.2, 0) is 14.3 Å². The third-order valence-electron chi connectivity index (χ3n) is 15.1. The average molecular weight is 584 g/mol. The number of Topliss-reactive ketones (excluding diaryl/α,β-unsaturated/α-hetero) is 2. The predicted octanol–water partition coefficient (Wildman–Crippen LogP) is 8.78. The highest BCUT2D eigenvalue weighted by Gasteiger charge is 2.71. The largest absolute Gasteiger partial charge is 0.446 e. The van der Waals surface area contributed by atoms with Crippen molar-refractivity contribution in [2.45, 2.75) is 145 Å². The summed E-state index contributed by atoms with van der Waals surface area (Å²) < 4.78 is 6.05. The number of hydrogen-bond donors (Lipinski definition) is 1. The first-order chi connectivity index (χ1) is 19.6. The molecule has 0 spiro atoms. The van der Waals surface area contributed by atoms with Crippen molar-refractivity contribution in [2.75, 3.05) is 6.54 Å². The Labute approximate surface area is 256 Å². The molecule has 5 rings (SSSR count). The molecule has 0 aliphatic heterocycles. The Morgan fingerprint density at radius 3 is 2.17 bits per heavy atom. The molecule has 5 aliphatic rings. The second-order valence-electron chi connectivity index (χ2n) is 17.2. The molecule has 0 saturated heterocycles. The first-order valence-electron chi connectivity index (χ1n) is 17.6. The zero-order valence-electron chi connectivity index (χ0n) is 28.4. The Kier molecular flexibility index (Phi) is 8.31. The average Bonchev–Trinajstić information content (AvgIpc) is 3.31. The molecule has 0 aromatic rings. The maximum absolute atomic E-state index is 14.1. The standard InChI is InChI=1S/C37H61NO4/c1-10-38-32(41)42-30-17-18-34(7)27(33(30,5)6)16-19-36(9)28(34)13-12-26-31-25(23(2)3)15-20-37(31,22-21-35(26,36)8)29(40)14-11-24(4)39/h23,25-28,30-31H,10-22H2,1-9H3,(H,38,41)/t25?,26?,27?,28?,30-,31?,34+,35-,36-,37-/m1/s1. The normalized spacial score (nSPS) is 45.7. The lowest BCUT2D eigenvalue weighted by atomic mass is 9.32. The van der Waals surface area contributed by atoms with Gasteiger partial charge in [0, 0.05) is 30.2 Å². The molecule has 5 fully saturated rings. The maximum atomic E-state index is 14.1. The summed E-state index contributed by atoms with van der Waals surface area (Å²) in [5, 5.41) is 2.85. The van der Waals surface area contributed by atoms with Crippen LogP contribution >= 0.6 is 0 Å². The number of fused-ring (bicyclic) bond motifs is 7. The van der Waals surface area contributed by atoms with Crippen LogP contribution in [0.15, 0.2) is 0 Å². The molecule has 0 heterocycles. The van der Waals surface area contributed by atoms with Gasteiger partial charge in [-0.05, 0) is 130 Å². The third-order valence-corrected chi connectivity index (χ3v) is 15.1. The molecule has 0 aromatic carbocycles. The van der Waals surface area contributed by atoms with E-state index in [1.54, 1.807) is 6.92 Å². The summed E-state index contributed by atoms with van der Waals surface area (Å²) in [5.41, 5.74) is 0.411. The van der Waals surface area contributed by atoms with Gasteiger partial charge in [0.1, 0.15) is 17.7 Å². The Balaban J connectivity index is 1.46. The zero-order chi connectivity index (χ0) is 30.9. The van der Waals surface area contributed by atoms with Crippen LogP contribution in [0.4, 0.5) is 4.79 Å². The van der Waals surface area contributed by atoms with E-state index in [1.807, 2.05) is 6.92 Å². The number of hydrogen-bond acceptors (Lipinski definition) is 4. The van der Waals surface area contributed by atoms with Gasteiger partial charge in [-0.1, -0.05) is 48.5 Å². The van der Waals surface area contributed by atoms with Crippen LogP contribution < -0.4 is 5.32 Å². The fourth-order valence-electron chi connectivity index (χ4n) is 12.9. The molecule has 238 valence electrons. The molecule has 10 atom stereocenters. The fourth-order valence-corrected chi connectivity index (χ4v) is 12.9. The molecule has 42 heavy (non-hydrogen) atoms. The molecule has 0 aromatic heterocycles. The molecular weight excluding hydrogens is 522 g/mol. The number of alkyl carbamates (subject to hydrolysis) is 1. The van der Waals surface area contributed by atoms with Gasteiger partial charge in [0.05, 0.1) is 0 Å². The van der Waals surface area contributed by atoms with Crippen molar-refractivity contribution >= 4 is 17.7 Å². The lowest BCUT2D eigenvalue weighted by Crippen LogP contribution is -2.67. The Morgan fingerprint density at radius 1 is 0.810 bits per heavy atom. The maximum Gasteiger partial charge on any atom is 0.407 e. The Morgan fingerprint density at radius 2 is 1.52 bits per heavy atom. The van der Waals surface area contributed by atoms with E-state index in [0.29, 0.717) is 60.7 Å². The van der Waals surface area contributed by atoms with Gasteiger partial charge in [-0.2, -0.15) is 0 Å². The number of carbonyl (C=O) groups excluding carboxylic acids is 3. The first kappa shape index (κ1) is 32.0. The van der Waals surface area contributed by atoms with Gasteiger partial charge in [0.15, 0.2) is 0 Å². The number of amides is 1. The van der Waals surface area contributed by atoms with Gasteiger partial charge in [0.25, 0.3) is 0 Å². The predicted molar refractivity (Wildman–Crippen MR) is 168 cm³/mol. The minimum atomic E-state index is -0.271. The first-order valence-corrected chi connectivity index (χ1v) is 17.6. The molecular formula is C37H61NO4. The number of carbonyl (C=O) groups is 3. The zero-order valence-corrected chi connectivity index (χ0v) is 28.4. The highest BCUT2D eigenvalue weighted by molar-refractivity contribution is 5.89.